The highest BCUT2D eigenvalue weighted by Crippen LogP contribution is 2.35. The minimum atomic E-state index is -0.188. The van der Waals surface area contributed by atoms with Crippen LogP contribution in [0.4, 0.5) is 0 Å². The molecule has 0 bridgehead atoms. The SMILES string of the molecule is C[C@@H]1CN(CCCC2(C#N)CCOCC2)C[C@H]1C(=O)N1CCOCC1. The van der Waals surface area contributed by atoms with Gasteiger partial charge < -0.3 is 19.3 Å². The average Bonchev–Trinajstić information content (AvgIpc) is 3.03. The summed E-state index contributed by atoms with van der Waals surface area (Å²) in [6.07, 6.45) is 3.69. The number of hydrogen-bond donors (Lipinski definition) is 0. The van der Waals surface area contributed by atoms with Crippen LogP contribution < -0.4 is 0 Å². The van der Waals surface area contributed by atoms with Gasteiger partial charge in [-0.3, -0.25) is 4.79 Å². The maximum absolute atomic E-state index is 12.8. The van der Waals surface area contributed by atoms with E-state index in [-0.39, 0.29) is 11.3 Å². The molecule has 0 unspecified atom stereocenters. The molecule has 3 saturated heterocycles. The third-order valence-corrected chi connectivity index (χ3v) is 6.14. The molecule has 140 valence electrons. The van der Waals surface area contributed by atoms with Gasteiger partial charge in [-0.1, -0.05) is 6.92 Å². The second-order valence-electron chi connectivity index (χ2n) is 7.89. The molecule has 0 radical (unpaired) electrons. The molecule has 0 aliphatic carbocycles. The van der Waals surface area contributed by atoms with E-state index in [1.807, 2.05) is 4.90 Å². The van der Waals surface area contributed by atoms with E-state index in [1.165, 1.54) is 0 Å². The molecular formula is C19H31N3O3. The van der Waals surface area contributed by atoms with E-state index >= 15 is 0 Å². The number of nitrogens with zero attached hydrogens (tertiary/aromatic N) is 3. The molecule has 0 aromatic rings. The highest BCUT2D eigenvalue weighted by atomic mass is 16.5. The van der Waals surface area contributed by atoms with E-state index in [0.717, 1.165) is 58.4 Å². The largest absolute Gasteiger partial charge is 0.381 e. The molecule has 0 aromatic carbocycles. The molecule has 2 atom stereocenters. The van der Waals surface area contributed by atoms with Gasteiger partial charge in [-0.25, -0.2) is 0 Å². The number of rotatable bonds is 5. The molecule has 3 aliphatic heterocycles. The fourth-order valence-electron chi connectivity index (χ4n) is 4.41. The summed E-state index contributed by atoms with van der Waals surface area (Å²) in [7, 11) is 0. The lowest BCUT2D eigenvalue weighted by molar-refractivity contribution is -0.140. The highest BCUT2D eigenvalue weighted by molar-refractivity contribution is 5.79. The standard InChI is InChI=1S/C19H31N3O3/c1-16-13-21(6-2-3-19(15-20)4-9-24-10-5-19)14-17(16)18(23)22-7-11-25-12-8-22/h16-17H,2-14H2,1H3/t16-,17-/m1/s1. The van der Waals surface area contributed by atoms with Gasteiger partial charge in [0.25, 0.3) is 0 Å². The Bertz CT molecular complexity index is 493. The number of ether oxygens (including phenoxy) is 2. The van der Waals surface area contributed by atoms with Crippen molar-refractivity contribution < 1.29 is 14.3 Å². The van der Waals surface area contributed by atoms with E-state index in [4.69, 9.17) is 9.47 Å². The number of amides is 1. The maximum atomic E-state index is 12.8. The van der Waals surface area contributed by atoms with Crippen LogP contribution in [0, 0.1) is 28.6 Å². The number of morpholine rings is 1. The summed E-state index contributed by atoms with van der Waals surface area (Å²) >= 11 is 0. The normalized spacial score (nSPS) is 30.2. The quantitative estimate of drug-likeness (QED) is 0.753. The Morgan fingerprint density at radius 2 is 1.84 bits per heavy atom. The molecule has 3 rings (SSSR count). The van der Waals surface area contributed by atoms with Crippen LogP contribution in [0.1, 0.15) is 32.6 Å². The third kappa shape index (κ3) is 4.52. The van der Waals surface area contributed by atoms with Gasteiger partial charge in [-0.2, -0.15) is 5.26 Å². The van der Waals surface area contributed by atoms with Crippen molar-refractivity contribution in [3.8, 4) is 6.07 Å². The van der Waals surface area contributed by atoms with Crippen molar-refractivity contribution >= 4 is 5.91 Å². The Balaban J connectivity index is 1.45. The van der Waals surface area contributed by atoms with E-state index in [2.05, 4.69) is 17.9 Å². The van der Waals surface area contributed by atoms with Crippen LogP contribution in [-0.2, 0) is 14.3 Å². The van der Waals surface area contributed by atoms with Crippen LogP contribution in [0.5, 0.6) is 0 Å². The number of likely N-dealkylation sites (tertiary alicyclic amines) is 1. The van der Waals surface area contributed by atoms with Crippen LogP contribution in [0.15, 0.2) is 0 Å². The first-order valence-electron chi connectivity index (χ1n) is 9.71. The van der Waals surface area contributed by atoms with Crippen LogP contribution in [-0.4, -0.2) is 74.9 Å². The molecule has 6 nitrogen and oxygen atoms in total. The first-order valence-corrected chi connectivity index (χ1v) is 9.71. The third-order valence-electron chi connectivity index (χ3n) is 6.14. The molecule has 3 fully saturated rings. The van der Waals surface area contributed by atoms with Gasteiger partial charge in [0.1, 0.15) is 0 Å². The molecule has 25 heavy (non-hydrogen) atoms. The summed E-state index contributed by atoms with van der Waals surface area (Å²) in [5.41, 5.74) is -0.188. The molecule has 3 aliphatic rings. The first kappa shape index (κ1) is 18.6. The first-order chi connectivity index (χ1) is 12.1. The van der Waals surface area contributed by atoms with Crippen LogP contribution in [0.25, 0.3) is 0 Å². The Morgan fingerprint density at radius 1 is 1.16 bits per heavy atom. The van der Waals surface area contributed by atoms with Crippen LogP contribution in [0.2, 0.25) is 0 Å². The van der Waals surface area contributed by atoms with E-state index in [9.17, 15) is 10.1 Å². The lowest BCUT2D eigenvalue weighted by Crippen LogP contribution is -2.45. The lowest BCUT2D eigenvalue weighted by atomic mass is 9.78. The molecule has 3 heterocycles. The number of carbonyl (C=O) groups is 1. The Kier molecular flexibility index (Phi) is 6.32. The minimum Gasteiger partial charge on any atom is -0.381 e. The van der Waals surface area contributed by atoms with Crippen molar-refractivity contribution in [1.82, 2.24) is 9.80 Å². The summed E-state index contributed by atoms with van der Waals surface area (Å²) in [6.45, 7) is 9.24. The van der Waals surface area contributed by atoms with Gasteiger partial charge in [0.15, 0.2) is 0 Å². The minimum absolute atomic E-state index is 0.117. The smallest absolute Gasteiger partial charge is 0.227 e. The molecule has 0 N–H and O–H groups in total. The summed E-state index contributed by atoms with van der Waals surface area (Å²) in [4.78, 5) is 17.1. The monoisotopic (exact) mass is 349 g/mol. The second-order valence-corrected chi connectivity index (χ2v) is 7.89. The molecule has 0 spiro atoms. The number of carbonyl (C=O) groups excluding carboxylic acids is 1. The van der Waals surface area contributed by atoms with E-state index in [0.29, 0.717) is 38.3 Å². The van der Waals surface area contributed by atoms with Gasteiger partial charge in [0.2, 0.25) is 5.91 Å². The van der Waals surface area contributed by atoms with Gasteiger partial charge in [-0.05, 0) is 38.1 Å². The fourth-order valence-corrected chi connectivity index (χ4v) is 4.41. The average molecular weight is 349 g/mol. The molecule has 0 saturated carbocycles. The predicted molar refractivity (Wildman–Crippen MR) is 93.8 cm³/mol. The van der Waals surface area contributed by atoms with Crippen molar-refractivity contribution in [2.45, 2.75) is 32.6 Å². The summed E-state index contributed by atoms with van der Waals surface area (Å²) in [6, 6.07) is 2.55. The zero-order valence-corrected chi connectivity index (χ0v) is 15.4. The summed E-state index contributed by atoms with van der Waals surface area (Å²) in [5, 5.41) is 9.56. The molecular weight excluding hydrogens is 318 g/mol. The van der Waals surface area contributed by atoms with Crippen LogP contribution in [0.3, 0.4) is 0 Å². The molecule has 0 aromatic heterocycles. The van der Waals surface area contributed by atoms with Crippen molar-refractivity contribution in [3.05, 3.63) is 0 Å². The zero-order valence-electron chi connectivity index (χ0n) is 15.4. The van der Waals surface area contributed by atoms with Crippen molar-refractivity contribution in [2.24, 2.45) is 17.3 Å². The number of nitriles is 1. The predicted octanol–water partition coefficient (Wildman–Crippen LogP) is 1.51. The van der Waals surface area contributed by atoms with Gasteiger partial charge >= 0.3 is 0 Å². The van der Waals surface area contributed by atoms with Gasteiger partial charge in [0, 0.05) is 39.4 Å². The Hall–Kier alpha value is -1.16. The zero-order chi connectivity index (χ0) is 17.7. The van der Waals surface area contributed by atoms with E-state index in [1.54, 1.807) is 0 Å². The molecule has 1 amide bonds. The number of hydrogen-bond acceptors (Lipinski definition) is 5. The Morgan fingerprint density at radius 3 is 2.52 bits per heavy atom. The maximum Gasteiger partial charge on any atom is 0.227 e. The summed E-state index contributed by atoms with van der Waals surface area (Å²) in [5.74, 6) is 0.825. The topological polar surface area (TPSA) is 65.8 Å². The van der Waals surface area contributed by atoms with Crippen molar-refractivity contribution in [1.29, 1.82) is 5.26 Å². The van der Waals surface area contributed by atoms with Crippen LogP contribution >= 0.6 is 0 Å². The second kappa shape index (κ2) is 8.48. The van der Waals surface area contributed by atoms with Crippen molar-refractivity contribution in [2.75, 3.05) is 59.2 Å². The van der Waals surface area contributed by atoms with Gasteiger partial charge in [0.05, 0.1) is 30.6 Å². The summed E-state index contributed by atoms with van der Waals surface area (Å²) < 4.78 is 10.8. The fraction of sp³-hybridized carbons (Fsp3) is 0.895. The highest BCUT2D eigenvalue weighted by Gasteiger charge is 2.38. The lowest BCUT2D eigenvalue weighted by Gasteiger charge is -2.31. The Labute approximate surface area is 151 Å². The van der Waals surface area contributed by atoms with Crippen molar-refractivity contribution in [3.63, 3.8) is 0 Å². The molecule has 6 heteroatoms. The van der Waals surface area contributed by atoms with Gasteiger partial charge in [-0.15, -0.1) is 0 Å². The van der Waals surface area contributed by atoms with E-state index < -0.39 is 0 Å².